The van der Waals surface area contributed by atoms with E-state index in [0.717, 1.165) is 28.3 Å². The lowest BCUT2D eigenvalue weighted by atomic mass is 10.0. The zero-order valence-electron chi connectivity index (χ0n) is 21.9. The second kappa shape index (κ2) is 11.8. The molecule has 39 heavy (non-hydrogen) atoms. The number of nitrogen functional groups attached to an aromatic ring is 1. The number of aromatic nitrogens is 1. The number of amides is 3. The van der Waals surface area contributed by atoms with Crippen LogP contribution in [0.3, 0.4) is 0 Å². The van der Waals surface area contributed by atoms with Gasteiger partial charge < -0.3 is 21.7 Å². The number of carbonyl (C=O) groups is 3. The molecule has 5 N–H and O–H groups in total. The smallest absolute Gasteiger partial charge is 0.273 e. The van der Waals surface area contributed by atoms with Crippen LogP contribution in [-0.2, 0) is 11.3 Å². The molecule has 0 spiro atoms. The van der Waals surface area contributed by atoms with Gasteiger partial charge in [0.15, 0.2) is 5.69 Å². The predicted octanol–water partition coefficient (Wildman–Crippen LogP) is 3.90. The van der Waals surface area contributed by atoms with Crippen molar-refractivity contribution >= 4 is 46.3 Å². The molecule has 3 amide bonds. The number of rotatable bonds is 9. The minimum Gasteiger partial charge on any atom is -0.395 e. The molecule has 9 nitrogen and oxygen atoms in total. The first-order valence-corrected chi connectivity index (χ1v) is 13.0. The van der Waals surface area contributed by atoms with Crippen LogP contribution in [0.2, 0.25) is 0 Å². The molecule has 0 aliphatic carbocycles. The molecule has 200 valence electrons. The summed E-state index contributed by atoms with van der Waals surface area (Å²) in [6, 6.07) is 23.1. The summed E-state index contributed by atoms with van der Waals surface area (Å²) in [6.45, 7) is 2.21. The van der Waals surface area contributed by atoms with E-state index < -0.39 is 17.9 Å². The number of benzene rings is 3. The lowest BCUT2D eigenvalue weighted by molar-refractivity contribution is -0.122. The Balaban J connectivity index is 1.83. The highest BCUT2D eigenvalue weighted by Gasteiger charge is 2.36. The minimum atomic E-state index is -1.06. The van der Waals surface area contributed by atoms with Gasteiger partial charge in [0, 0.05) is 32.0 Å². The summed E-state index contributed by atoms with van der Waals surface area (Å²) >= 11 is 0.774. The van der Waals surface area contributed by atoms with Crippen molar-refractivity contribution < 1.29 is 14.4 Å². The summed E-state index contributed by atoms with van der Waals surface area (Å²) in [7, 11) is 3.84. The van der Waals surface area contributed by atoms with Crippen LogP contribution in [0.1, 0.15) is 42.9 Å². The number of hydrogen-bond acceptors (Lipinski definition) is 7. The molecule has 0 aliphatic rings. The molecular weight excluding hydrogens is 512 g/mol. The third-order valence-corrected chi connectivity index (χ3v) is 7.08. The summed E-state index contributed by atoms with van der Waals surface area (Å²) in [5, 5.41) is 2.98. The number of primary amides is 1. The monoisotopic (exact) mass is 542 g/mol. The van der Waals surface area contributed by atoms with Gasteiger partial charge in [-0.2, -0.15) is 4.37 Å². The maximum Gasteiger partial charge on any atom is 0.273 e. The van der Waals surface area contributed by atoms with E-state index in [-0.39, 0.29) is 28.7 Å². The molecule has 1 aromatic heterocycles. The summed E-state index contributed by atoms with van der Waals surface area (Å²) < 4.78 is 4.00. The van der Waals surface area contributed by atoms with Gasteiger partial charge in [0.25, 0.3) is 11.8 Å². The van der Waals surface area contributed by atoms with Crippen molar-refractivity contribution in [2.45, 2.75) is 19.5 Å². The van der Waals surface area contributed by atoms with Crippen molar-refractivity contribution in [1.29, 1.82) is 0 Å². The highest BCUT2D eigenvalue weighted by Crippen LogP contribution is 2.34. The third-order valence-electron chi connectivity index (χ3n) is 6.23. The van der Waals surface area contributed by atoms with Crippen LogP contribution in [0.5, 0.6) is 0 Å². The van der Waals surface area contributed by atoms with E-state index in [1.807, 2.05) is 92.6 Å². The zero-order valence-corrected chi connectivity index (χ0v) is 22.7. The molecule has 4 rings (SSSR count). The van der Waals surface area contributed by atoms with Gasteiger partial charge in [-0.15, -0.1) is 0 Å². The van der Waals surface area contributed by atoms with Crippen molar-refractivity contribution in [3.05, 3.63) is 106 Å². The van der Waals surface area contributed by atoms with Crippen LogP contribution in [0.15, 0.2) is 78.9 Å². The number of nitrogens with zero attached hydrogens (tertiary/aromatic N) is 3. The predicted molar refractivity (Wildman–Crippen MR) is 155 cm³/mol. The maximum absolute atomic E-state index is 14.1. The fourth-order valence-corrected chi connectivity index (χ4v) is 4.82. The first-order chi connectivity index (χ1) is 18.7. The van der Waals surface area contributed by atoms with Crippen LogP contribution in [0.25, 0.3) is 0 Å². The van der Waals surface area contributed by atoms with Gasteiger partial charge in [-0.1, -0.05) is 60.2 Å². The van der Waals surface area contributed by atoms with E-state index in [1.54, 1.807) is 12.1 Å². The van der Waals surface area contributed by atoms with Crippen LogP contribution in [0.4, 0.5) is 17.1 Å². The fraction of sp³-hybridized carbons (Fsp3) is 0.172. The van der Waals surface area contributed by atoms with E-state index >= 15 is 0 Å². The highest BCUT2D eigenvalue weighted by molar-refractivity contribution is 7.09. The molecule has 0 fully saturated rings. The van der Waals surface area contributed by atoms with Crippen LogP contribution in [-0.4, -0.2) is 36.2 Å². The number of carbonyl (C=O) groups excluding carboxylic acids is 3. The largest absolute Gasteiger partial charge is 0.395 e. The molecule has 3 aromatic carbocycles. The Labute approximate surface area is 231 Å². The molecule has 0 aliphatic heterocycles. The topological polar surface area (TPSA) is 135 Å². The van der Waals surface area contributed by atoms with E-state index in [2.05, 4.69) is 9.69 Å². The van der Waals surface area contributed by atoms with E-state index in [4.69, 9.17) is 11.5 Å². The Morgan fingerprint density at radius 2 is 1.54 bits per heavy atom. The Morgan fingerprint density at radius 1 is 0.923 bits per heavy atom. The van der Waals surface area contributed by atoms with Crippen molar-refractivity contribution in [2.24, 2.45) is 5.73 Å². The molecule has 4 aromatic rings. The number of nitrogens with two attached hydrogens (primary N) is 2. The summed E-state index contributed by atoms with van der Waals surface area (Å²) in [5.74, 6) is -1.79. The summed E-state index contributed by atoms with van der Waals surface area (Å²) in [5.41, 5.74) is 15.2. The van der Waals surface area contributed by atoms with Gasteiger partial charge in [0.05, 0.1) is 5.69 Å². The number of nitrogens with one attached hydrogen (secondary N) is 1. The lowest BCUT2D eigenvalue weighted by Crippen LogP contribution is -2.44. The van der Waals surface area contributed by atoms with E-state index in [1.165, 1.54) is 4.90 Å². The third kappa shape index (κ3) is 6.07. The van der Waals surface area contributed by atoms with Gasteiger partial charge >= 0.3 is 0 Å². The van der Waals surface area contributed by atoms with Crippen LogP contribution in [0, 0.1) is 6.92 Å². The summed E-state index contributed by atoms with van der Waals surface area (Å²) in [6.07, 6.45) is 0. The molecule has 0 unspecified atom stereocenters. The Bertz CT molecular complexity index is 1470. The summed E-state index contributed by atoms with van der Waals surface area (Å²) in [4.78, 5) is 43.2. The fourth-order valence-electron chi connectivity index (χ4n) is 4.08. The van der Waals surface area contributed by atoms with Crippen molar-refractivity contribution in [3.63, 3.8) is 0 Å². The van der Waals surface area contributed by atoms with Crippen molar-refractivity contribution in [2.75, 3.05) is 29.6 Å². The lowest BCUT2D eigenvalue weighted by Gasteiger charge is -2.31. The molecule has 1 heterocycles. The Hall–Kier alpha value is -4.70. The van der Waals surface area contributed by atoms with Crippen LogP contribution >= 0.6 is 11.5 Å². The van der Waals surface area contributed by atoms with E-state index in [9.17, 15) is 14.4 Å². The number of aryl methyl sites for hydroxylation is 1. The Morgan fingerprint density at radius 3 is 2.10 bits per heavy atom. The van der Waals surface area contributed by atoms with Gasteiger partial charge in [-0.05, 0) is 53.8 Å². The SMILES string of the molecule is Cc1ccc(N(C(=O)c2snc(C(N)=O)c2N)[C@H](C(=O)NCc2ccccc2)c2ccc(N(C)C)cc2)cc1. The molecule has 10 heteroatoms. The van der Waals surface area contributed by atoms with Crippen LogP contribution < -0.4 is 26.6 Å². The molecular formula is C29H30N6O3S. The van der Waals surface area contributed by atoms with Gasteiger partial charge in [0.1, 0.15) is 10.9 Å². The standard InChI is InChI=1S/C29H30N6O3S/c1-18-9-13-22(14-10-18)35(29(38)26-23(30)24(27(31)36)33-39-26)25(20-11-15-21(16-12-20)34(2)3)28(37)32-17-19-7-5-4-6-8-19/h4-16,25H,17,30H2,1-3H3,(H2,31,36)(H,32,37)/t25-/m0/s1. The molecule has 0 bridgehead atoms. The quantitative estimate of drug-likeness (QED) is 0.294. The van der Waals surface area contributed by atoms with E-state index in [0.29, 0.717) is 11.3 Å². The number of hydrogen-bond donors (Lipinski definition) is 3. The van der Waals surface area contributed by atoms with Gasteiger partial charge in [-0.3, -0.25) is 19.3 Å². The normalized spacial score (nSPS) is 11.5. The van der Waals surface area contributed by atoms with Crippen molar-refractivity contribution in [1.82, 2.24) is 9.69 Å². The maximum atomic E-state index is 14.1. The second-order valence-electron chi connectivity index (χ2n) is 9.24. The first-order valence-electron chi connectivity index (χ1n) is 12.2. The molecule has 0 saturated carbocycles. The molecule has 1 atom stereocenters. The highest BCUT2D eigenvalue weighted by atomic mass is 32.1. The average molecular weight is 543 g/mol. The Kier molecular flexibility index (Phi) is 8.26. The van der Waals surface area contributed by atoms with Crippen molar-refractivity contribution in [3.8, 4) is 0 Å². The average Bonchev–Trinajstić information content (AvgIpc) is 3.33. The first kappa shape index (κ1) is 27.3. The zero-order chi connectivity index (χ0) is 28.1. The van der Waals surface area contributed by atoms with Gasteiger partial charge in [0.2, 0.25) is 5.91 Å². The van der Waals surface area contributed by atoms with Gasteiger partial charge in [-0.25, -0.2) is 0 Å². The second-order valence-corrected chi connectivity index (χ2v) is 10.0. The minimum absolute atomic E-state index is 0.0233. The number of anilines is 3. The molecule has 0 saturated heterocycles. The molecule has 0 radical (unpaired) electrons.